The molecule has 3 N–H and O–H groups in total. The molecule has 8 nitrogen and oxygen atoms in total. The molecule has 3 atom stereocenters. The van der Waals surface area contributed by atoms with Gasteiger partial charge >= 0.3 is 7.82 Å². The zero-order valence-corrected chi connectivity index (χ0v) is 44.8. The van der Waals surface area contributed by atoms with Crippen molar-refractivity contribution in [1.82, 2.24) is 5.32 Å². The lowest BCUT2D eigenvalue weighted by molar-refractivity contribution is -0.870. The Balaban J connectivity index is 4.24. The number of rotatable bonds is 50. The normalized spacial score (nSPS) is 14.5. The molecule has 386 valence electrons. The fraction of sp³-hybridized carbons (Fsp3) is 0.807. The summed E-state index contributed by atoms with van der Waals surface area (Å²) in [5.74, 6) is -0.191. The largest absolute Gasteiger partial charge is 0.472 e. The number of aliphatic hydroxyl groups excluding tert-OH is 1. The second kappa shape index (κ2) is 48.2. The lowest BCUT2D eigenvalue weighted by atomic mass is 10.0. The molecular formula is C57H108N2O6P+. The minimum atomic E-state index is -4.36. The topological polar surface area (TPSA) is 105 Å². The van der Waals surface area contributed by atoms with Crippen LogP contribution in [-0.2, 0) is 18.4 Å². The molecule has 0 aliphatic rings. The van der Waals surface area contributed by atoms with E-state index in [1.54, 1.807) is 6.08 Å². The number of carbonyl (C=O) groups is 1. The quantitative estimate of drug-likeness (QED) is 0.0243. The van der Waals surface area contributed by atoms with Gasteiger partial charge in [0.1, 0.15) is 13.2 Å². The Morgan fingerprint density at radius 3 is 1.30 bits per heavy atom. The van der Waals surface area contributed by atoms with Crippen LogP contribution >= 0.6 is 7.82 Å². The molecule has 0 aromatic carbocycles. The summed E-state index contributed by atoms with van der Waals surface area (Å²) in [6, 6.07) is -0.871. The number of phosphoric acid groups is 1. The van der Waals surface area contributed by atoms with Crippen LogP contribution in [0.15, 0.2) is 60.8 Å². The molecule has 0 spiro atoms. The molecule has 0 radical (unpaired) electrons. The first-order chi connectivity index (χ1) is 32.0. The summed E-state index contributed by atoms with van der Waals surface area (Å²) < 4.78 is 23.6. The van der Waals surface area contributed by atoms with Crippen molar-refractivity contribution in [2.45, 2.75) is 257 Å². The average Bonchev–Trinajstić information content (AvgIpc) is 3.28. The number of quaternary nitrogens is 1. The number of aliphatic hydroxyl groups is 1. The Morgan fingerprint density at radius 2 is 0.879 bits per heavy atom. The van der Waals surface area contributed by atoms with E-state index < -0.39 is 20.0 Å². The van der Waals surface area contributed by atoms with Crippen molar-refractivity contribution in [2.75, 3.05) is 40.9 Å². The molecule has 3 unspecified atom stereocenters. The van der Waals surface area contributed by atoms with Crippen molar-refractivity contribution < 1.29 is 32.9 Å². The number of hydrogen-bond donors (Lipinski definition) is 3. The maximum atomic E-state index is 13.0. The maximum absolute atomic E-state index is 13.0. The zero-order valence-electron chi connectivity index (χ0n) is 43.9. The van der Waals surface area contributed by atoms with Crippen LogP contribution in [0.3, 0.4) is 0 Å². The predicted octanol–water partition coefficient (Wildman–Crippen LogP) is 16.5. The molecule has 0 bridgehead atoms. The van der Waals surface area contributed by atoms with E-state index in [9.17, 15) is 19.4 Å². The molecule has 0 saturated carbocycles. The van der Waals surface area contributed by atoms with Crippen molar-refractivity contribution in [3.63, 3.8) is 0 Å². The van der Waals surface area contributed by atoms with E-state index in [1.807, 2.05) is 27.2 Å². The molecular weight excluding hydrogens is 840 g/mol. The number of carbonyl (C=O) groups excluding carboxylic acids is 1. The summed E-state index contributed by atoms with van der Waals surface area (Å²) in [6.07, 6.45) is 64.6. The summed E-state index contributed by atoms with van der Waals surface area (Å²) in [5.41, 5.74) is 0. The molecule has 0 aliphatic carbocycles. The summed E-state index contributed by atoms with van der Waals surface area (Å²) in [5, 5.41) is 13.9. The third kappa shape index (κ3) is 50.1. The lowest BCUT2D eigenvalue weighted by Gasteiger charge is -2.25. The second-order valence-corrected chi connectivity index (χ2v) is 21.4. The number of likely N-dealkylation sites (N-methyl/N-ethyl adjacent to an activating group) is 1. The van der Waals surface area contributed by atoms with E-state index in [0.29, 0.717) is 17.4 Å². The lowest BCUT2D eigenvalue weighted by Crippen LogP contribution is -2.45. The number of allylic oxidation sites excluding steroid dienone is 9. The first kappa shape index (κ1) is 64.2. The smallest absolute Gasteiger partial charge is 0.387 e. The standard InChI is InChI=1S/C57H107N2O6P/c1-6-8-10-12-14-16-18-20-22-24-25-26-27-28-29-30-31-32-33-35-37-39-41-43-45-47-49-51-57(61)58-55(54-65-66(62,63)64-53-52-59(3,4)5)56(60)50-48-46-44-42-40-38-36-34-23-21-19-17-15-13-11-9-7-2/h18,20,23-25,34,40,42,48,50,55-56,60H,6-17,19,21-22,26-33,35-39,41,43-47,49,51-54H2,1-5H3,(H-,58,61,62,63)/p+1/b20-18-,25-24-,34-23+,42-40+,50-48+. The monoisotopic (exact) mass is 948 g/mol. The second-order valence-electron chi connectivity index (χ2n) is 19.9. The number of amides is 1. The third-order valence-corrected chi connectivity index (χ3v) is 13.2. The van der Waals surface area contributed by atoms with Crippen LogP contribution in [0.2, 0.25) is 0 Å². The Bertz CT molecular complexity index is 1260. The van der Waals surface area contributed by atoms with E-state index in [1.165, 1.54) is 173 Å². The third-order valence-electron chi connectivity index (χ3n) is 12.2. The van der Waals surface area contributed by atoms with Crippen LogP contribution in [0.5, 0.6) is 0 Å². The van der Waals surface area contributed by atoms with Crippen LogP contribution in [0, 0.1) is 0 Å². The van der Waals surface area contributed by atoms with Gasteiger partial charge in [-0.2, -0.15) is 0 Å². The highest BCUT2D eigenvalue weighted by atomic mass is 31.2. The van der Waals surface area contributed by atoms with Crippen LogP contribution < -0.4 is 5.32 Å². The van der Waals surface area contributed by atoms with Gasteiger partial charge in [-0.15, -0.1) is 0 Å². The number of phosphoric ester groups is 1. The SMILES string of the molecule is CCCCCCC/C=C\C/C=C\CCCCCCCCCCCCCCCCCC(=O)NC(COP(=O)(O)OCC[N+](C)(C)C)C(O)/C=C/CC/C=C/CC/C=C/CCCCCCCCC. The van der Waals surface area contributed by atoms with Gasteiger partial charge in [0, 0.05) is 6.42 Å². The van der Waals surface area contributed by atoms with E-state index >= 15 is 0 Å². The Kier molecular flexibility index (Phi) is 46.9. The summed E-state index contributed by atoms with van der Waals surface area (Å²) in [6.45, 7) is 4.78. The zero-order chi connectivity index (χ0) is 48.5. The highest BCUT2D eigenvalue weighted by molar-refractivity contribution is 7.47. The fourth-order valence-corrected chi connectivity index (χ4v) is 8.55. The molecule has 0 saturated heterocycles. The fourth-order valence-electron chi connectivity index (χ4n) is 7.81. The molecule has 0 aromatic rings. The number of nitrogens with one attached hydrogen (secondary N) is 1. The molecule has 0 heterocycles. The predicted molar refractivity (Wildman–Crippen MR) is 286 cm³/mol. The highest BCUT2D eigenvalue weighted by Crippen LogP contribution is 2.43. The minimum Gasteiger partial charge on any atom is -0.387 e. The van der Waals surface area contributed by atoms with Gasteiger partial charge in [-0.05, 0) is 77.0 Å². The summed E-state index contributed by atoms with van der Waals surface area (Å²) >= 11 is 0. The first-order valence-electron chi connectivity index (χ1n) is 27.7. The molecule has 0 aliphatic heterocycles. The van der Waals surface area contributed by atoms with E-state index in [2.05, 4.69) is 67.8 Å². The molecule has 1 amide bonds. The maximum Gasteiger partial charge on any atom is 0.472 e. The van der Waals surface area contributed by atoms with Gasteiger partial charge in [0.2, 0.25) is 5.91 Å². The molecule has 0 rings (SSSR count). The Hall–Kier alpha value is -1.80. The molecule has 9 heteroatoms. The molecule has 0 fully saturated rings. The average molecular weight is 948 g/mol. The van der Waals surface area contributed by atoms with Crippen LogP contribution in [-0.4, -0.2) is 73.4 Å². The van der Waals surface area contributed by atoms with Gasteiger partial charge in [0.25, 0.3) is 0 Å². The van der Waals surface area contributed by atoms with Crippen molar-refractivity contribution in [3.05, 3.63) is 60.8 Å². The molecule has 0 aromatic heterocycles. The Morgan fingerprint density at radius 1 is 0.515 bits per heavy atom. The summed E-state index contributed by atoms with van der Waals surface area (Å²) in [7, 11) is 1.55. The highest BCUT2D eigenvalue weighted by Gasteiger charge is 2.27. The van der Waals surface area contributed by atoms with Gasteiger partial charge < -0.3 is 19.8 Å². The van der Waals surface area contributed by atoms with Gasteiger partial charge in [0.15, 0.2) is 0 Å². The van der Waals surface area contributed by atoms with Gasteiger partial charge in [-0.25, -0.2) is 4.57 Å². The van der Waals surface area contributed by atoms with Gasteiger partial charge in [-0.1, -0.05) is 222 Å². The van der Waals surface area contributed by atoms with Crippen molar-refractivity contribution in [3.8, 4) is 0 Å². The minimum absolute atomic E-state index is 0.0524. The van der Waals surface area contributed by atoms with E-state index in [0.717, 1.165) is 51.4 Å². The van der Waals surface area contributed by atoms with Gasteiger partial charge in [0.05, 0.1) is 39.9 Å². The van der Waals surface area contributed by atoms with Crippen LogP contribution in [0.4, 0.5) is 0 Å². The number of nitrogens with zero attached hydrogens (tertiary/aromatic N) is 1. The van der Waals surface area contributed by atoms with Crippen LogP contribution in [0.25, 0.3) is 0 Å². The number of hydrogen-bond acceptors (Lipinski definition) is 5. The first-order valence-corrected chi connectivity index (χ1v) is 29.2. The van der Waals surface area contributed by atoms with Crippen molar-refractivity contribution in [2.24, 2.45) is 0 Å². The van der Waals surface area contributed by atoms with E-state index in [4.69, 9.17) is 9.05 Å². The van der Waals surface area contributed by atoms with Gasteiger partial charge in [-0.3, -0.25) is 13.8 Å². The van der Waals surface area contributed by atoms with E-state index in [-0.39, 0.29) is 19.1 Å². The number of unbranched alkanes of at least 4 members (excludes halogenated alkanes) is 29. The van der Waals surface area contributed by atoms with Crippen LogP contribution in [0.1, 0.15) is 245 Å². The molecule has 66 heavy (non-hydrogen) atoms. The van der Waals surface area contributed by atoms with Crippen molar-refractivity contribution in [1.29, 1.82) is 0 Å². The Labute approximate surface area is 409 Å². The van der Waals surface area contributed by atoms with Crippen molar-refractivity contribution >= 4 is 13.7 Å². The summed E-state index contributed by atoms with van der Waals surface area (Å²) in [4.78, 5) is 23.3.